The Bertz CT molecular complexity index is 294. The van der Waals surface area contributed by atoms with Crippen molar-refractivity contribution in [2.45, 2.75) is 16.6 Å². The monoisotopic (exact) mass is 288 g/mol. The van der Waals surface area contributed by atoms with E-state index in [0.29, 0.717) is 0 Å². The van der Waals surface area contributed by atoms with E-state index in [1.165, 1.54) is 14.2 Å². The summed E-state index contributed by atoms with van der Waals surface area (Å²) in [6.45, 7) is 0. The molecule has 16 heavy (non-hydrogen) atoms. The van der Waals surface area contributed by atoms with Crippen molar-refractivity contribution in [2.24, 2.45) is 0 Å². The highest BCUT2D eigenvalue weighted by Gasteiger charge is 2.29. The summed E-state index contributed by atoms with van der Waals surface area (Å²) < 4.78 is 7.28. The van der Waals surface area contributed by atoms with E-state index in [1.807, 2.05) is 0 Å². The summed E-state index contributed by atoms with van der Waals surface area (Å²) in [5.41, 5.74) is 0. The summed E-state index contributed by atoms with van der Waals surface area (Å²) in [7, 11) is 2.62. The van der Waals surface area contributed by atoms with Gasteiger partial charge in [0, 0.05) is 12.5 Å². The van der Waals surface area contributed by atoms with E-state index in [0.717, 1.165) is 6.08 Å². The highest BCUT2D eigenvalue weighted by Crippen LogP contribution is 2.28. The van der Waals surface area contributed by atoms with Gasteiger partial charge in [0.25, 0.3) is 3.79 Å². The third-order valence-corrected chi connectivity index (χ3v) is 2.20. The fraction of sp³-hybridized carbons (Fsp3) is 0.556. The molecule has 0 heterocycles. The van der Waals surface area contributed by atoms with Gasteiger partial charge in [-0.15, -0.1) is 0 Å². The minimum Gasteiger partial charge on any atom is -0.501 e. The molecule has 0 N–H and O–H groups in total. The Morgan fingerprint density at radius 2 is 1.69 bits per heavy atom. The first-order valence-corrected chi connectivity index (χ1v) is 5.37. The number of ketones is 1. The summed E-state index contributed by atoms with van der Waals surface area (Å²) in [5.74, 6) is -0.884. The molecule has 0 unspecified atom stereocenters. The zero-order valence-electron chi connectivity index (χ0n) is 8.76. The first-order valence-electron chi connectivity index (χ1n) is 4.23. The number of allylic oxidation sites excluding steroid dienone is 2. The lowest BCUT2D eigenvalue weighted by molar-refractivity contribution is -0.140. The van der Waals surface area contributed by atoms with Crippen molar-refractivity contribution in [3.8, 4) is 0 Å². The molecule has 4 nitrogen and oxygen atoms in total. The molecule has 0 rings (SSSR count). The predicted octanol–water partition coefficient (Wildman–Crippen LogP) is 2.41. The molecule has 0 aromatic carbocycles. The number of carbonyl (C=O) groups is 2. The molecule has 92 valence electrons. The molecule has 0 aliphatic heterocycles. The summed E-state index contributed by atoms with van der Waals surface area (Å²) in [5, 5.41) is 0. The molecule has 7 heteroatoms. The Hall–Kier alpha value is -0.450. The number of hydrogen-bond acceptors (Lipinski definition) is 4. The van der Waals surface area contributed by atoms with Crippen LogP contribution in [0.3, 0.4) is 0 Å². The zero-order chi connectivity index (χ0) is 12.8. The van der Waals surface area contributed by atoms with Crippen LogP contribution in [0.1, 0.15) is 12.8 Å². The molecule has 0 fully saturated rings. The van der Waals surface area contributed by atoms with Crippen LogP contribution in [0.15, 0.2) is 11.8 Å². The van der Waals surface area contributed by atoms with Crippen LogP contribution in [-0.4, -0.2) is 29.8 Å². The molecule has 0 saturated carbocycles. The Morgan fingerprint density at radius 1 is 1.12 bits per heavy atom. The third-order valence-electron chi connectivity index (χ3n) is 1.64. The molecule has 0 aromatic rings. The molecular formula is C9H11Cl3O4. The number of esters is 1. The molecule has 0 amide bonds. The van der Waals surface area contributed by atoms with E-state index in [4.69, 9.17) is 39.5 Å². The van der Waals surface area contributed by atoms with Gasteiger partial charge in [-0.05, 0) is 0 Å². The quantitative estimate of drug-likeness (QED) is 0.337. The van der Waals surface area contributed by atoms with Gasteiger partial charge in [-0.3, -0.25) is 9.59 Å². The van der Waals surface area contributed by atoms with E-state index in [-0.39, 0.29) is 18.6 Å². The van der Waals surface area contributed by atoms with Crippen LogP contribution >= 0.6 is 34.8 Å². The van der Waals surface area contributed by atoms with E-state index >= 15 is 0 Å². The van der Waals surface area contributed by atoms with Crippen molar-refractivity contribution in [1.29, 1.82) is 0 Å². The lowest BCUT2D eigenvalue weighted by Crippen LogP contribution is -2.17. The van der Waals surface area contributed by atoms with Gasteiger partial charge in [0.05, 0.1) is 26.4 Å². The largest absolute Gasteiger partial charge is 0.501 e. The Kier molecular flexibility index (Phi) is 6.79. The van der Waals surface area contributed by atoms with Crippen LogP contribution in [0.25, 0.3) is 0 Å². The zero-order valence-corrected chi connectivity index (χ0v) is 11.0. The van der Waals surface area contributed by atoms with E-state index in [2.05, 4.69) is 4.74 Å². The van der Waals surface area contributed by atoms with Crippen LogP contribution in [-0.2, 0) is 19.1 Å². The highest BCUT2D eigenvalue weighted by atomic mass is 35.6. The second-order valence-electron chi connectivity index (χ2n) is 2.75. The number of halogens is 3. The van der Waals surface area contributed by atoms with Crippen molar-refractivity contribution in [2.75, 3.05) is 14.2 Å². The Balaban J connectivity index is 4.44. The molecule has 0 spiro atoms. The molecule has 0 atom stereocenters. The second-order valence-corrected chi connectivity index (χ2v) is 5.03. The van der Waals surface area contributed by atoms with Crippen molar-refractivity contribution < 1.29 is 19.1 Å². The van der Waals surface area contributed by atoms with Crippen LogP contribution in [0.5, 0.6) is 0 Å². The summed E-state index contributed by atoms with van der Waals surface area (Å²) >= 11 is 16.1. The van der Waals surface area contributed by atoms with Gasteiger partial charge in [0.1, 0.15) is 0 Å². The molecule has 0 aliphatic carbocycles. The minimum absolute atomic E-state index is 0.0866. The topological polar surface area (TPSA) is 52.6 Å². The maximum Gasteiger partial charge on any atom is 0.305 e. The maximum absolute atomic E-state index is 11.3. The van der Waals surface area contributed by atoms with Gasteiger partial charge >= 0.3 is 5.97 Å². The fourth-order valence-corrected chi connectivity index (χ4v) is 0.952. The third kappa shape index (κ3) is 6.20. The number of methoxy groups -OCH3 is 2. The molecular weight excluding hydrogens is 278 g/mol. The van der Waals surface area contributed by atoms with Crippen LogP contribution in [0.4, 0.5) is 0 Å². The van der Waals surface area contributed by atoms with Gasteiger partial charge in [-0.25, -0.2) is 0 Å². The summed E-state index contributed by atoms with van der Waals surface area (Å²) in [4.78, 5) is 22.1. The average Bonchev–Trinajstić information content (AvgIpc) is 2.21. The maximum atomic E-state index is 11.3. The minimum atomic E-state index is -2.02. The van der Waals surface area contributed by atoms with Crippen LogP contribution in [0.2, 0.25) is 0 Å². The Labute approximate surface area is 108 Å². The molecule has 0 radical (unpaired) electrons. The first kappa shape index (κ1) is 15.6. The summed E-state index contributed by atoms with van der Waals surface area (Å²) in [6.07, 6.45) is 1.34. The fourth-order valence-electron chi connectivity index (χ4n) is 0.789. The highest BCUT2D eigenvalue weighted by molar-refractivity contribution is 6.77. The lowest BCUT2D eigenvalue weighted by Gasteiger charge is -2.08. The second kappa shape index (κ2) is 6.99. The van der Waals surface area contributed by atoms with Gasteiger partial charge in [0.15, 0.2) is 0 Å². The van der Waals surface area contributed by atoms with Gasteiger partial charge in [0.2, 0.25) is 5.78 Å². The first-order chi connectivity index (χ1) is 7.31. The molecule has 0 aliphatic rings. The number of ether oxygens (including phenoxy) is 2. The molecule has 0 saturated heterocycles. The predicted molar refractivity (Wildman–Crippen MR) is 61.6 cm³/mol. The van der Waals surface area contributed by atoms with Crippen molar-refractivity contribution in [3.63, 3.8) is 0 Å². The standard InChI is InChI=1S/C9H11Cl3O4/c1-15-6(3-4-8(14)16-2)5-7(13)9(10,11)12/h5H,3-4H2,1-2H3/b6-5-. The van der Waals surface area contributed by atoms with Gasteiger partial charge < -0.3 is 9.47 Å². The van der Waals surface area contributed by atoms with Crippen molar-refractivity contribution in [3.05, 3.63) is 11.8 Å². The van der Waals surface area contributed by atoms with Crippen molar-refractivity contribution in [1.82, 2.24) is 0 Å². The number of rotatable bonds is 5. The van der Waals surface area contributed by atoms with Crippen molar-refractivity contribution >= 4 is 46.6 Å². The van der Waals surface area contributed by atoms with Gasteiger partial charge in [-0.1, -0.05) is 34.8 Å². The SMILES string of the molecule is COC(=O)CC/C(=C/C(=O)C(Cl)(Cl)Cl)OC. The van der Waals surface area contributed by atoms with E-state index in [1.54, 1.807) is 0 Å². The van der Waals surface area contributed by atoms with Gasteiger partial charge in [-0.2, -0.15) is 0 Å². The number of alkyl halides is 3. The van der Waals surface area contributed by atoms with Crippen LogP contribution in [0, 0.1) is 0 Å². The molecule has 0 aromatic heterocycles. The normalized spacial score (nSPS) is 12.2. The Morgan fingerprint density at radius 3 is 2.06 bits per heavy atom. The van der Waals surface area contributed by atoms with E-state index < -0.39 is 15.5 Å². The smallest absolute Gasteiger partial charge is 0.305 e. The number of carbonyl (C=O) groups excluding carboxylic acids is 2. The number of hydrogen-bond donors (Lipinski definition) is 0. The average molecular weight is 290 g/mol. The summed E-state index contributed by atoms with van der Waals surface area (Å²) in [6, 6.07) is 0. The lowest BCUT2D eigenvalue weighted by atomic mass is 10.2. The van der Waals surface area contributed by atoms with Crippen LogP contribution < -0.4 is 0 Å². The molecule has 0 bridgehead atoms. The van der Waals surface area contributed by atoms with E-state index in [9.17, 15) is 9.59 Å².